The van der Waals surface area contributed by atoms with Crippen LogP contribution < -0.4 is 10.1 Å². The van der Waals surface area contributed by atoms with Crippen molar-refractivity contribution < 1.29 is 9.53 Å². The Bertz CT molecular complexity index is 935. The molecule has 0 bridgehead atoms. The maximum Gasteiger partial charge on any atom is 0.273 e. The number of carbonyl (C=O) groups is 1. The van der Waals surface area contributed by atoms with E-state index < -0.39 is 0 Å². The molecule has 3 rings (SSSR count). The maximum absolute atomic E-state index is 12.5. The number of nitrogens with one attached hydrogen (secondary N) is 1. The summed E-state index contributed by atoms with van der Waals surface area (Å²) in [5, 5.41) is 3.58. The number of anilines is 2. The molecule has 3 aromatic rings. The molecule has 0 saturated carbocycles. The molecule has 8 heteroatoms. The van der Waals surface area contributed by atoms with Crippen molar-refractivity contribution in [3.05, 3.63) is 71.4 Å². The van der Waals surface area contributed by atoms with Crippen molar-refractivity contribution in [2.24, 2.45) is 0 Å². The van der Waals surface area contributed by atoms with E-state index >= 15 is 0 Å². The van der Waals surface area contributed by atoms with Crippen LogP contribution in [0.3, 0.4) is 0 Å². The highest BCUT2D eigenvalue weighted by molar-refractivity contribution is 6.32. The van der Waals surface area contributed by atoms with Crippen LogP contribution >= 0.6 is 11.6 Å². The molecule has 144 valence electrons. The number of likely N-dealkylation sites (N-methyl/N-ethyl adjacent to an activating group) is 1. The second kappa shape index (κ2) is 9.14. The number of aromatic nitrogens is 3. The van der Waals surface area contributed by atoms with Crippen molar-refractivity contribution in [3.8, 4) is 5.75 Å². The SMILES string of the molecule is COc1ccc(Nc2cnc(C(=O)N(C)CCc3ccncc3)cn2)cc1Cl. The highest BCUT2D eigenvalue weighted by Crippen LogP contribution is 2.28. The van der Waals surface area contributed by atoms with Crippen molar-refractivity contribution in [1.82, 2.24) is 19.9 Å². The predicted molar refractivity (Wildman–Crippen MR) is 108 cm³/mol. The number of hydrogen-bond acceptors (Lipinski definition) is 6. The van der Waals surface area contributed by atoms with Gasteiger partial charge in [0.1, 0.15) is 17.3 Å². The van der Waals surface area contributed by atoms with Gasteiger partial charge in [-0.3, -0.25) is 9.78 Å². The topological polar surface area (TPSA) is 80.2 Å². The fourth-order valence-electron chi connectivity index (χ4n) is 2.54. The van der Waals surface area contributed by atoms with E-state index in [4.69, 9.17) is 16.3 Å². The number of methoxy groups -OCH3 is 1. The summed E-state index contributed by atoms with van der Waals surface area (Å²) < 4.78 is 5.13. The Balaban J connectivity index is 1.60. The summed E-state index contributed by atoms with van der Waals surface area (Å²) in [6, 6.07) is 9.17. The average molecular weight is 398 g/mol. The second-order valence-electron chi connectivity index (χ2n) is 6.09. The lowest BCUT2D eigenvalue weighted by Gasteiger charge is -2.16. The highest BCUT2D eigenvalue weighted by atomic mass is 35.5. The average Bonchev–Trinajstić information content (AvgIpc) is 2.73. The van der Waals surface area contributed by atoms with Crippen molar-refractivity contribution in [3.63, 3.8) is 0 Å². The van der Waals surface area contributed by atoms with E-state index in [1.807, 2.05) is 18.2 Å². The molecule has 2 heterocycles. The molecule has 0 aliphatic carbocycles. The number of rotatable bonds is 7. The van der Waals surface area contributed by atoms with Crippen LogP contribution in [0, 0.1) is 0 Å². The van der Waals surface area contributed by atoms with Crippen LogP contribution in [0.2, 0.25) is 5.02 Å². The molecule has 0 radical (unpaired) electrons. The van der Waals surface area contributed by atoms with Crippen molar-refractivity contribution in [1.29, 1.82) is 0 Å². The molecule has 0 aliphatic heterocycles. The summed E-state index contributed by atoms with van der Waals surface area (Å²) in [6.07, 6.45) is 7.20. The summed E-state index contributed by atoms with van der Waals surface area (Å²) in [4.78, 5) is 26.6. The maximum atomic E-state index is 12.5. The Kier molecular flexibility index (Phi) is 6.39. The Labute approximate surface area is 168 Å². The Hall–Kier alpha value is -3.19. The number of hydrogen-bond donors (Lipinski definition) is 1. The first-order valence-corrected chi connectivity index (χ1v) is 9.01. The van der Waals surface area contributed by atoms with Crippen LogP contribution in [-0.2, 0) is 6.42 Å². The van der Waals surface area contributed by atoms with Gasteiger partial charge in [-0.15, -0.1) is 0 Å². The molecule has 1 N–H and O–H groups in total. The zero-order valence-corrected chi connectivity index (χ0v) is 16.3. The van der Waals surface area contributed by atoms with Gasteiger partial charge >= 0.3 is 0 Å². The number of carbonyl (C=O) groups excluding carboxylic acids is 1. The Morgan fingerprint density at radius 1 is 1.18 bits per heavy atom. The van der Waals surface area contributed by atoms with Crippen LogP contribution in [0.4, 0.5) is 11.5 Å². The van der Waals surface area contributed by atoms with Crippen molar-refractivity contribution in [2.75, 3.05) is 26.0 Å². The monoisotopic (exact) mass is 397 g/mol. The lowest BCUT2D eigenvalue weighted by Crippen LogP contribution is -2.29. The summed E-state index contributed by atoms with van der Waals surface area (Å²) in [6.45, 7) is 0.578. The van der Waals surface area contributed by atoms with Crippen LogP contribution in [0.5, 0.6) is 5.75 Å². The van der Waals surface area contributed by atoms with Gasteiger partial charge in [0, 0.05) is 31.7 Å². The Morgan fingerprint density at radius 3 is 2.61 bits per heavy atom. The third kappa shape index (κ3) is 4.95. The summed E-state index contributed by atoms with van der Waals surface area (Å²) in [5.74, 6) is 0.923. The van der Waals surface area contributed by atoms with E-state index in [0.717, 1.165) is 17.7 Å². The molecular formula is C20H20ClN5O2. The third-order valence-electron chi connectivity index (χ3n) is 4.13. The van der Waals surface area contributed by atoms with E-state index in [2.05, 4.69) is 20.3 Å². The molecule has 28 heavy (non-hydrogen) atoms. The molecule has 0 fully saturated rings. The number of pyridine rings is 1. The van der Waals surface area contributed by atoms with E-state index in [0.29, 0.717) is 23.1 Å². The van der Waals surface area contributed by atoms with Gasteiger partial charge < -0.3 is 15.0 Å². The third-order valence-corrected chi connectivity index (χ3v) is 4.42. The van der Waals surface area contributed by atoms with Gasteiger partial charge in [-0.05, 0) is 42.3 Å². The van der Waals surface area contributed by atoms with Crippen LogP contribution in [0.25, 0.3) is 0 Å². The zero-order valence-electron chi connectivity index (χ0n) is 15.6. The quantitative estimate of drug-likeness (QED) is 0.656. The molecule has 0 saturated heterocycles. The lowest BCUT2D eigenvalue weighted by molar-refractivity contribution is 0.0790. The first kappa shape index (κ1) is 19.6. The predicted octanol–water partition coefficient (Wildman–Crippen LogP) is 3.59. The lowest BCUT2D eigenvalue weighted by atomic mass is 10.2. The molecule has 1 amide bonds. The van der Waals surface area contributed by atoms with Gasteiger partial charge in [0.05, 0.1) is 24.5 Å². The fraction of sp³-hybridized carbons (Fsp3) is 0.200. The number of halogens is 1. The van der Waals surface area contributed by atoms with Gasteiger partial charge in [-0.2, -0.15) is 0 Å². The van der Waals surface area contributed by atoms with Crippen LogP contribution in [-0.4, -0.2) is 46.5 Å². The highest BCUT2D eigenvalue weighted by Gasteiger charge is 2.14. The smallest absolute Gasteiger partial charge is 0.273 e. The van der Waals surface area contributed by atoms with Gasteiger partial charge in [0.25, 0.3) is 5.91 Å². The summed E-state index contributed by atoms with van der Waals surface area (Å²) in [5.41, 5.74) is 2.16. The fourth-order valence-corrected chi connectivity index (χ4v) is 2.80. The van der Waals surface area contributed by atoms with E-state index in [9.17, 15) is 4.79 Å². The molecule has 7 nitrogen and oxygen atoms in total. The van der Waals surface area contributed by atoms with E-state index in [1.165, 1.54) is 12.4 Å². The number of nitrogens with zero attached hydrogens (tertiary/aromatic N) is 4. The molecule has 0 atom stereocenters. The minimum atomic E-state index is -0.180. The van der Waals surface area contributed by atoms with Gasteiger partial charge in [0.15, 0.2) is 0 Å². The molecular weight excluding hydrogens is 378 g/mol. The minimum absolute atomic E-state index is 0.180. The molecule has 0 spiro atoms. The van der Waals surface area contributed by atoms with Crippen LogP contribution in [0.15, 0.2) is 55.1 Å². The van der Waals surface area contributed by atoms with Crippen molar-refractivity contribution in [2.45, 2.75) is 6.42 Å². The van der Waals surface area contributed by atoms with Gasteiger partial charge in [-0.1, -0.05) is 11.6 Å². The van der Waals surface area contributed by atoms with E-state index in [1.54, 1.807) is 43.6 Å². The molecule has 0 unspecified atom stereocenters. The number of ether oxygens (including phenoxy) is 1. The van der Waals surface area contributed by atoms with Gasteiger partial charge in [-0.25, -0.2) is 9.97 Å². The molecule has 0 aliphatic rings. The minimum Gasteiger partial charge on any atom is -0.495 e. The standard InChI is InChI=1S/C20H20ClN5O2/c1-26(10-7-14-5-8-22-9-6-14)20(27)17-12-24-19(13-23-17)25-15-3-4-18(28-2)16(21)11-15/h3-6,8-9,11-13H,7,10H2,1-2H3,(H,24,25). The second-order valence-corrected chi connectivity index (χ2v) is 6.50. The first-order valence-electron chi connectivity index (χ1n) is 8.64. The van der Waals surface area contributed by atoms with Crippen LogP contribution in [0.1, 0.15) is 16.1 Å². The Morgan fingerprint density at radius 2 is 1.96 bits per heavy atom. The molecule has 2 aromatic heterocycles. The normalized spacial score (nSPS) is 10.4. The largest absolute Gasteiger partial charge is 0.495 e. The van der Waals surface area contributed by atoms with E-state index in [-0.39, 0.29) is 11.6 Å². The summed E-state index contributed by atoms with van der Waals surface area (Å²) in [7, 11) is 3.31. The summed E-state index contributed by atoms with van der Waals surface area (Å²) >= 11 is 6.12. The first-order chi connectivity index (χ1) is 13.6. The number of benzene rings is 1. The molecule has 1 aromatic carbocycles. The van der Waals surface area contributed by atoms with Gasteiger partial charge in [0.2, 0.25) is 0 Å². The number of amides is 1. The van der Waals surface area contributed by atoms with Crippen molar-refractivity contribution >= 4 is 29.0 Å². The zero-order chi connectivity index (χ0) is 19.9.